The van der Waals surface area contributed by atoms with E-state index in [0.29, 0.717) is 13.1 Å². The largest absolute Gasteiger partial charge is 0.480 e. The third-order valence-corrected chi connectivity index (χ3v) is 2.42. The fourth-order valence-corrected chi connectivity index (χ4v) is 1.47. The van der Waals surface area contributed by atoms with Crippen LogP contribution in [0.3, 0.4) is 0 Å². The number of rotatable bonds is 6. The standard InChI is InChI=1S/C11H15ClN2O4/c1-13(2)5-6-14(7-10(15)16)11(17)8-3-4-9(12)18-8/h3-4H,5-7H2,1-2H3,(H,15,16). The van der Waals surface area contributed by atoms with Crippen LogP contribution in [-0.4, -0.2) is 60.5 Å². The molecule has 0 aliphatic rings. The molecule has 1 N–H and O–H groups in total. The minimum atomic E-state index is -1.07. The van der Waals surface area contributed by atoms with Crippen LogP contribution in [0.2, 0.25) is 5.22 Å². The lowest BCUT2D eigenvalue weighted by Crippen LogP contribution is -2.39. The van der Waals surface area contributed by atoms with Gasteiger partial charge in [0.2, 0.25) is 0 Å². The van der Waals surface area contributed by atoms with Gasteiger partial charge in [0.15, 0.2) is 11.0 Å². The number of hydrogen-bond acceptors (Lipinski definition) is 4. The van der Waals surface area contributed by atoms with Gasteiger partial charge in [0.05, 0.1) is 0 Å². The predicted octanol–water partition coefficient (Wildman–Crippen LogP) is 1.02. The van der Waals surface area contributed by atoms with E-state index >= 15 is 0 Å². The summed E-state index contributed by atoms with van der Waals surface area (Å²) < 4.78 is 4.98. The van der Waals surface area contributed by atoms with Gasteiger partial charge in [0, 0.05) is 13.1 Å². The van der Waals surface area contributed by atoms with Gasteiger partial charge >= 0.3 is 5.97 Å². The number of carboxylic acids is 1. The van der Waals surface area contributed by atoms with E-state index in [1.807, 2.05) is 19.0 Å². The highest BCUT2D eigenvalue weighted by Gasteiger charge is 2.21. The minimum absolute atomic E-state index is 0.0417. The minimum Gasteiger partial charge on any atom is -0.480 e. The number of hydrogen-bond donors (Lipinski definition) is 1. The quantitative estimate of drug-likeness (QED) is 0.838. The summed E-state index contributed by atoms with van der Waals surface area (Å²) in [5.41, 5.74) is 0. The van der Waals surface area contributed by atoms with Crippen LogP contribution in [-0.2, 0) is 4.79 Å². The first-order valence-corrected chi connectivity index (χ1v) is 5.69. The first-order chi connectivity index (χ1) is 8.40. The predicted molar refractivity (Wildman–Crippen MR) is 65.8 cm³/mol. The Labute approximate surface area is 110 Å². The molecular formula is C11H15ClN2O4. The van der Waals surface area contributed by atoms with E-state index < -0.39 is 11.9 Å². The summed E-state index contributed by atoms with van der Waals surface area (Å²) in [6.45, 7) is 0.495. The molecule has 0 fully saturated rings. The lowest BCUT2D eigenvalue weighted by atomic mass is 10.3. The lowest BCUT2D eigenvalue weighted by Gasteiger charge is -2.21. The fourth-order valence-electron chi connectivity index (χ4n) is 1.32. The Bertz CT molecular complexity index is 430. The van der Waals surface area contributed by atoms with E-state index in [-0.39, 0.29) is 17.5 Å². The number of halogens is 1. The summed E-state index contributed by atoms with van der Waals surface area (Å²) in [6.07, 6.45) is 0. The molecule has 0 radical (unpaired) electrons. The van der Waals surface area contributed by atoms with Gasteiger partial charge in [-0.15, -0.1) is 0 Å². The van der Waals surface area contributed by atoms with Gasteiger partial charge in [-0.05, 0) is 37.8 Å². The van der Waals surface area contributed by atoms with Crippen molar-refractivity contribution < 1.29 is 19.1 Å². The van der Waals surface area contributed by atoms with E-state index in [2.05, 4.69) is 0 Å². The van der Waals surface area contributed by atoms with Crippen LogP contribution in [0.5, 0.6) is 0 Å². The number of nitrogens with zero attached hydrogens (tertiary/aromatic N) is 2. The van der Waals surface area contributed by atoms with Crippen LogP contribution in [0.15, 0.2) is 16.5 Å². The van der Waals surface area contributed by atoms with Crippen molar-refractivity contribution in [1.29, 1.82) is 0 Å². The van der Waals surface area contributed by atoms with E-state index in [9.17, 15) is 9.59 Å². The van der Waals surface area contributed by atoms with Gasteiger partial charge in [0.25, 0.3) is 5.91 Å². The highest BCUT2D eigenvalue weighted by Crippen LogP contribution is 2.15. The third-order valence-electron chi connectivity index (χ3n) is 2.21. The number of carbonyl (C=O) groups is 2. The van der Waals surface area contributed by atoms with Gasteiger partial charge in [-0.3, -0.25) is 9.59 Å². The molecule has 0 bridgehead atoms. The number of carboxylic acid groups (broad SMARTS) is 1. The summed E-state index contributed by atoms with van der Waals surface area (Å²) in [5.74, 6) is -1.51. The summed E-state index contributed by atoms with van der Waals surface area (Å²) in [6, 6.07) is 2.87. The summed E-state index contributed by atoms with van der Waals surface area (Å²) in [5, 5.41) is 8.88. The Kier molecular flexibility index (Phi) is 5.18. The molecule has 0 unspecified atom stereocenters. The number of aliphatic carboxylic acids is 1. The molecule has 1 aromatic rings. The first-order valence-electron chi connectivity index (χ1n) is 5.31. The second-order valence-corrected chi connectivity index (χ2v) is 4.40. The highest BCUT2D eigenvalue weighted by atomic mass is 35.5. The average Bonchev–Trinajstić information content (AvgIpc) is 2.69. The summed E-state index contributed by atoms with van der Waals surface area (Å²) >= 11 is 5.58. The molecule has 0 aliphatic carbocycles. The van der Waals surface area contributed by atoms with Gasteiger partial charge in [-0.25, -0.2) is 0 Å². The average molecular weight is 275 g/mol. The van der Waals surface area contributed by atoms with E-state index in [4.69, 9.17) is 21.1 Å². The Morgan fingerprint density at radius 1 is 1.33 bits per heavy atom. The van der Waals surface area contributed by atoms with Crippen molar-refractivity contribution in [3.05, 3.63) is 23.1 Å². The second kappa shape index (κ2) is 6.42. The van der Waals surface area contributed by atoms with Crippen molar-refractivity contribution in [1.82, 2.24) is 9.80 Å². The van der Waals surface area contributed by atoms with Crippen LogP contribution in [0.1, 0.15) is 10.6 Å². The molecule has 1 heterocycles. The normalized spacial score (nSPS) is 10.7. The molecule has 1 amide bonds. The topological polar surface area (TPSA) is 74.0 Å². The monoisotopic (exact) mass is 274 g/mol. The maximum Gasteiger partial charge on any atom is 0.323 e. The van der Waals surface area contributed by atoms with Crippen LogP contribution in [0.25, 0.3) is 0 Å². The maximum atomic E-state index is 12.0. The number of amides is 1. The lowest BCUT2D eigenvalue weighted by molar-refractivity contribution is -0.137. The van der Waals surface area contributed by atoms with Crippen LogP contribution < -0.4 is 0 Å². The molecule has 0 spiro atoms. The van der Waals surface area contributed by atoms with Gasteiger partial charge in [-0.2, -0.15) is 0 Å². The van der Waals surface area contributed by atoms with Crippen molar-refractivity contribution in [2.45, 2.75) is 0 Å². The molecule has 6 nitrogen and oxygen atoms in total. The van der Waals surface area contributed by atoms with Crippen molar-refractivity contribution in [2.24, 2.45) is 0 Å². The Balaban J connectivity index is 2.75. The summed E-state index contributed by atoms with van der Waals surface area (Å²) in [7, 11) is 3.68. The van der Waals surface area contributed by atoms with E-state index in [1.54, 1.807) is 0 Å². The molecule has 0 saturated carbocycles. The third kappa shape index (κ3) is 4.38. The Hall–Kier alpha value is -1.53. The van der Waals surface area contributed by atoms with Crippen molar-refractivity contribution in [2.75, 3.05) is 33.7 Å². The molecule has 0 saturated heterocycles. The number of furan rings is 1. The molecule has 7 heteroatoms. The maximum absolute atomic E-state index is 12.0. The first kappa shape index (κ1) is 14.5. The Morgan fingerprint density at radius 3 is 2.44 bits per heavy atom. The zero-order valence-corrected chi connectivity index (χ0v) is 11.0. The van der Waals surface area contributed by atoms with Crippen LogP contribution in [0.4, 0.5) is 0 Å². The summed E-state index contributed by atoms with van der Waals surface area (Å²) in [4.78, 5) is 25.8. The molecule has 0 aromatic carbocycles. The van der Waals surface area contributed by atoms with Gasteiger partial charge < -0.3 is 19.3 Å². The SMILES string of the molecule is CN(C)CCN(CC(=O)O)C(=O)c1ccc(Cl)o1. The van der Waals surface area contributed by atoms with Crippen molar-refractivity contribution >= 4 is 23.5 Å². The van der Waals surface area contributed by atoms with Crippen molar-refractivity contribution in [3.8, 4) is 0 Å². The zero-order valence-electron chi connectivity index (χ0n) is 10.2. The van der Waals surface area contributed by atoms with Gasteiger partial charge in [0.1, 0.15) is 6.54 Å². The molecule has 1 aromatic heterocycles. The molecular weight excluding hydrogens is 260 g/mol. The van der Waals surface area contributed by atoms with Crippen molar-refractivity contribution in [3.63, 3.8) is 0 Å². The fraction of sp³-hybridized carbons (Fsp3) is 0.455. The van der Waals surface area contributed by atoms with Gasteiger partial charge in [-0.1, -0.05) is 0 Å². The number of carbonyl (C=O) groups excluding carboxylic acids is 1. The molecule has 18 heavy (non-hydrogen) atoms. The van der Waals surface area contributed by atoms with Crippen LogP contribution >= 0.6 is 11.6 Å². The second-order valence-electron chi connectivity index (χ2n) is 4.03. The highest BCUT2D eigenvalue weighted by molar-refractivity contribution is 6.29. The number of likely N-dealkylation sites (N-methyl/N-ethyl adjacent to an activating group) is 1. The molecule has 0 atom stereocenters. The molecule has 0 aliphatic heterocycles. The van der Waals surface area contributed by atoms with E-state index in [1.165, 1.54) is 17.0 Å². The molecule has 100 valence electrons. The zero-order chi connectivity index (χ0) is 13.7. The smallest absolute Gasteiger partial charge is 0.323 e. The molecule has 1 rings (SSSR count). The van der Waals surface area contributed by atoms with E-state index in [0.717, 1.165) is 0 Å². The van der Waals surface area contributed by atoms with Crippen LogP contribution in [0, 0.1) is 0 Å². The Morgan fingerprint density at radius 2 is 2.00 bits per heavy atom.